The maximum Gasteiger partial charge on any atom is 0.138 e. The van der Waals surface area contributed by atoms with Gasteiger partial charge in [-0.2, -0.15) is 0 Å². The van der Waals surface area contributed by atoms with E-state index in [2.05, 4.69) is 0 Å². The van der Waals surface area contributed by atoms with Crippen LogP contribution in [-0.2, 0) is 4.74 Å². The van der Waals surface area contributed by atoms with Gasteiger partial charge < -0.3 is 15.4 Å². The maximum atomic E-state index is 13.4. The second-order valence-electron chi connectivity index (χ2n) is 3.74. The summed E-state index contributed by atoms with van der Waals surface area (Å²) >= 11 is 1.93. The molecule has 0 heterocycles. The lowest BCUT2D eigenvalue weighted by molar-refractivity contribution is 0.183. The van der Waals surface area contributed by atoms with Gasteiger partial charge in [0, 0.05) is 26.3 Å². The van der Waals surface area contributed by atoms with Crippen LogP contribution < -0.4 is 10.6 Å². The largest absolute Gasteiger partial charge is 0.397 e. The normalized spacial score (nSPS) is 12.6. The lowest BCUT2D eigenvalue weighted by atomic mass is 10.2. The predicted molar refractivity (Wildman–Crippen MR) is 73.3 cm³/mol. The third kappa shape index (κ3) is 2.98. The molecule has 0 radical (unpaired) electrons. The molecule has 0 saturated carbocycles. The molecule has 0 aliphatic rings. The van der Waals surface area contributed by atoms with Crippen LogP contribution in [0.5, 0.6) is 0 Å². The van der Waals surface area contributed by atoms with Crippen molar-refractivity contribution in [2.75, 3.05) is 31.4 Å². The maximum absolute atomic E-state index is 13.4. The first-order valence-electron chi connectivity index (χ1n) is 4.93. The van der Waals surface area contributed by atoms with E-state index in [1.165, 1.54) is 6.07 Å². The zero-order chi connectivity index (χ0) is 12.3. The Morgan fingerprint density at radius 1 is 1.56 bits per heavy atom. The Labute approximate surface area is 109 Å². The van der Waals surface area contributed by atoms with Gasteiger partial charge in [-0.3, -0.25) is 0 Å². The average molecular weight is 338 g/mol. The van der Waals surface area contributed by atoms with E-state index < -0.39 is 0 Å². The van der Waals surface area contributed by atoms with Gasteiger partial charge in [-0.25, -0.2) is 4.39 Å². The first-order chi connectivity index (χ1) is 7.47. The van der Waals surface area contributed by atoms with Gasteiger partial charge in [-0.05, 0) is 35.6 Å². The van der Waals surface area contributed by atoms with Crippen molar-refractivity contribution in [1.29, 1.82) is 0 Å². The summed E-state index contributed by atoms with van der Waals surface area (Å²) in [5.41, 5.74) is 7.15. The zero-order valence-electron chi connectivity index (χ0n) is 9.63. The van der Waals surface area contributed by atoms with Gasteiger partial charge in [0.05, 0.1) is 21.6 Å². The highest BCUT2D eigenvalue weighted by molar-refractivity contribution is 14.1. The molecular formula is C11H16FIN2O. The summed E-state index contributed by atoms with van der Waals surface area (Å²) in [5, 5.41) is 0. The third-order valence-electron chi connectivity index (χ3n) is 2.52. The van der Waals surface area contributed by atoms with Crippen LogP contribution in [0.25, 0.3) is 0 Å². The van der Waals surface area contributed by atoms with Gasteiger partial charge in [-0.1, -0.05) is 0 Å². The quantitative estimate of drug-likeness (QED) is 0.677. The van der Waals surface area contributed by atoms with Crippen molar-refractivity contribution in [1.82, 2.24) is 0 Å². The van der Waals surface area contributed by atoms with Gasteiger partial charge in [0.1, 0.15) is 5.82 Å². The number of hydrogen-bond acceptors (Lipinski definition) is 3. The topological polar surface area (TPSA) is 38.5 Å². The molecule has 0 spiro atoms. The lowest BCUT2D eigenvalue weighted by Crippen LogP contribution is -2.33. The first-order valence-corrected chi connectivity index (χ1v) is 6.01. The second kappa shape index (κ2) is 5.67. The number of rotatable bonds is 4. The van der Waals surface area contributed by atoms with Crippen molar-refractivity contribution >= 4 is 34.0 Å². The van der Waals surface area contributed by atoms with Crippen LogP contribution in [-0.4, -0.2) is 26.8 Å². The Balaban J connectivity index is 2.99. The molecule has 0 saturated heterocycles. The smallest absolute Gasteiger partial charge is 0.138 e. The summed E-state index contributed by atoms with van der Waals surface area (Å²) < 4.78 is 19.0. The Morgan fingerprint density at radius 2 is 2.19 bits per heavy atom. The fraction of sp³-hybridized carbons (Fsp3) is 0.455. The standard InChI is InChI=1S/C11H16FIN2O/c1-7(6-16-3)15(2)11-4-8(12)9(13)5-10(11)14/h4-5,7H,6,14H2,1-3H3. The van der Waals surface area contributed by atoms with Crippen LogP contribution in [0.4, 0.5) is 15.8 Å². The van der Waals surface area contributed by atoms with E-state index in [0.717, 1.165) is 0 Å². The van der Waals surface area contributed by atoms with Crippen molar-refractivity contribution in [3.05, 3.63) is 21.5 Å². The SMILES string of the molecule is COCC(C)N(C)c1cc(F)c(I)cc1N. The summed E-state index contributed by atoms with van der Waals surface area (Å²) in [6, 6.07) is 3.25. The molecule has 0 aliphatic heterocycles. The lowest BCUT2D eigenvalue weighted by Gasteiger charge is -2.27. The third-order valence-corrected chi connectivity index (χ3v) is 3.35. The molecule has 2 N–H and O–H groups in total. The molecule has 0 aliphatic carbocycles. The van der Waals surface area contributed by atoms with E-state index >= 15 is 0 Å². The molecule has 5 heteroatoms. The van der Waals surface area contributed by atoms with Crippen LogP contribution in [0, 0.1) is 9.39 Å². The van der Waals surface area contributed by atoms with Gasteiger partial charge in [0.25, 0.3) is 0 Å². The Morgan fingerprint density at radius 3 is 2.75 bits per heavy atom. The van der Waals surface area contributed by atoms with Crippen LogP contribution >= 0.6 is 22.6 Å². The minimum Gasteiger partial charge on any atom is -0.397 e. The van der Waals surface area contributed by atoms with Crippen LogP contribution in [0.3, 0.4) is 0 Å². The van der Waals surface area contributed by atoms with Crippen molar-refractivity contribution in [2.24, 2.45) is 0 Å². The summed E-state index contributed by atoms with van der Waals surface area (Å²) in [6.45, 7) is 2.57. The highest BCUT2D eigenvalue weighted by atomic mass is 127. The molecule has 0 aromatic heterocycles. The fourth-order valence-electron chi connectivity index (χ4n) is 1.45. The van der Waals surface area contributed by atoms with Crippen molar-refractivity contribution in [2.45, 2.75) is 13.0 Å². The molecule has 1 aromatic rings. The molecule has 1 rings (SSSR count). The number of likely N-dealkylation sites (N-methyl/N-ethyl adjacent to an activating group) is 1. The number of halogens is 2. The number of nitrogen functional groups attached to an aromatic ring is 1. The number of methoxy groups -OCH3 is 1. The molecule has 0 bridgehead atoms. The summed E-state index contributed by atoms with van der Waals surface area (Å²) in [5.74, 6) is -0.249. The summed E-state index contributed by atoms with van der Waals surface area (Å²) in [7, 11) is 3.52. The summed E-state index contributed by atoms with van der Waals surface area (Å²) in [4.78, 5) is 1.91. The van der Waals surface area contributed by atoms with Crippen molar-refractivity contribution in [3.63, 3.8) is 0 Å². The van der Waals surface area contributed by atoms with Gasteiger partial charge in [0.2, 0.25) is 0 Å². The number of nitrogens with zero attached hydrogens (tertiary/aromatic N) is 1. The fourth-order valence-corrected chi connectivity index (χ4v) is 1.94. The van der Waals surface area contributed by atoms with Crippen LogP contribution in [0.1, 0.15) is 6.92 Å². The minimum absolute atomic E-state index is 0.145. The van der Waals surface area contributed by atoms with Crippen LogP contribution in [0.15, 0.2) is 12.1 Å². The highest BCUT2D eigenvalue weighted by Gasteiger charge is 2.14. The van der Waals surface area contributed by atoms with Gasteiger partial charge in [-0.15, -0.1) is 0 Å². The number of anilines is 2. The Kier molecular flexibility index (Phi) is 4.79. The Hall–Kier alpha value is -0.560. The molecule has 16 heavy (non-hydrogen) atoms. The number of hydrogen-bond donors (Lipinski definition) is 1. The van der Waals surface area contributed by atoms with Crippen LogP contribution in [0.2, 0.25) is 0 Å². The predicted octanol–water partition coefficient (Wildman–Crippen LogP) is 2.48. The van der Waals surface area contributed by atoms with E-state index in [9.17, 15) is 4.39 Å². The molecule has 3 nitrogen and oxygen atoms in total. The average Bonchev–Trinajstić information content (AvgIpc) is 2.23. The minimum atomic E-state index is -0.249. The molecule has 1 aromatic carbocycles. The number of ether oxygens (including phenoxy) is 1. The van der Waals surface area contributed by atoms with E-state index in [4.69, 9.17) is 10.5 Å². The van der Waals surface area contributed by atoms with E-state index in [-0.39, 0.29) is 11.9 Å². The van der Waals surface area contributed by atoms with Gasteiger partial charge >= 0.3 is 0 Å². The molecule has 90 valence electrons. The highest BCUT2D eigenvalue weighted by Crippen LogP contribution is 2.27. The van der Waals surface area contributed by atoms with E-state index in [1.54, 1.807) is 13.2 Å². The van der Waals surface area contributed by atoms with Crippen molar-refractivity contribution < 1.29 is 9.13 Å². The molecule has 0 fully saturated rings. The van der Waals surface area contributed by atoms with Gasteiger partial charge in [0.15, 0.2) is 0 Å². The molecule has 1 unspecified atom stereocenters. The zero-order valence-corrected chi connectivity index (χ0v) is 11.8. The molecular weight excluding hydrogens is 322 g/mol. The molecule has 0 amide bonds. The monoisotopic (exact) mass is 338 g/mol. The molecule has 1 atom stereocenters. The van der Waals surface area contributed by atoms with E-state index in [1.807, 2.05) is 41.5 Å². The number of nitrogens with two attached hydrogens (primary N) is 1. The second-order valence-corrected chi connectivity index (χ2v) is 4.90. The first kappa shape index (κ1) is 13.5. The van der Waals surface area contributed by atoms with Crippen molar-refractivity contribution in [3.8, 4) is 0 Å². The summed E-state index contributed by atoms with van der Waals surface area (Å²) in [6.07, 6.45) is 0. The van der Waals surface area contributed by atoms with E-state index in [0.29, 0.717) is 21.6 Å². The number of benzene rings is 1. The Bertz CT molecular complexity index is 373.